The third-order valence-electron chi connectivity index (χ3n) is 4.40. The molecule has 29 heavy (non-hydrogen) atoms. The van der Waals surface area contributed by atoms with Crippen LogP contribution in [0.25, 0.3) is 10.9 Å². The molecular weight excluding hydrogens is 366 g/mol. The number of amides is 1. The predicted molar refractivity (Wildman–Crippen MR) is 113 cm³/mol. The zero-order chi connectivity index (χ0) is 20.1. The van der Waals surface area contributed by atoms with Gasteiger partial charge in [0.05, 0.1) is 30.5 Å². The molecular formula is C23H21N3O3. The molecule has 2 N–H and O–H groups in total. The monoisotopic (exact) mass is 387 g/mol. The first-order valence-corrected chi connectivity index (χ1v) is 9.43. The van der Waals surface area contributed by atoms with E-state index in [1.165, 1.54) is 0 Å². The van der Waals surface area contributed by atoms with Crippen LogP contribution in [0.1, 0.15) is 23.0 Å². The minimum Gasteiger partial charge on any atom is -0.494 e. The van der Waals surface area contributed by atoms with Crippen molar-refractivity contribution < 1.29 is 13.9 Å². The molecule has 6 nitrogen and oxygen atoms in total. The molecule has 2 heterocycles. The number of rotatable bonds is 7. The molecule has 0 bridgehead atoms. The molecule has 0 atom stereocenters. The molecule has 0 unspecified atom stereocenters. The molecule has 0 spiro atoms. The first-order chi connectivity index (χ1) is 14.2. The van der Waals surface area contributed by atoms with Crippen molar-refractivity contribution in [1.29, 1.82) is 0 Å². The smallest absolute Gasteiger partial charge is 0.252 e. The highest BCUT2D eigenvalue weighted by molar-refractivity contribution is 6.07. The minimum absolute atomic E-state index is 0.185. The maximum Gasteiger partial charge on any atom is 0.252 e. The lowest BCUT2D eigenvalue weighted by atomic mass is 10.1. The fourth-order valence-corrected chi connectivity index (χ4v) is 3.05. The van der Waals surface area contributed by atoms with Gasteiger partial charge in [0.25, 0.3) is 5.91 Å². The highest BCUT2D eigenvalue weighted by Gasteiger charge is 2.13. The van der Waals surface area contributed by atoms with Crippen molar-refractivity contribution in [2.75, 3.05) is 11.9 Å². The molecule has 2 aromatic carbocycles. The Labute approximate surface area is 168 Å². The Kier molecular flexibility index (Phi) is 5.42. The van der Waals surface area contributed by atoms with Crippen LogP contribution in [0, 0.1) is 0 Å². The van der Waals surface area contributed by atoms with Gasteiger partial charge in [0.2, 0.25) is 0 Å². The van der Waals surface area contributed by atoms with E-state index < -0.39 is 0 Å². The molecule has 0 radical (unpaired) electrons. The van der Waals surface area contributed by atoms with E-state index >= 15 is 0 Å². The Hall–Kier alpha value is -3.80. The molecule has 146 valence electrons. The lowest BCUT2D eigenvalue weighted by Crippen LogP contribution is -2.23. The molecule has 0 fully saturated rings. The van der Waals surface area contributed by atoms with E-state index in [9.17, 15) is 4.79 Å². The number of nitrogens with one attached hydrogen (secondary N) is 2. The Morgan fingerprint density at radius 2 is 1.90 bits per heavy atom. The number of furan rings is 1. The normalized spacial score (nSPS) is 10.7. The highest BCUT2D eigenvalue weighted by atomic mass is 16.5. The van der Waals surface area contributed by atoms with Gasteiger partial charge < -0.3 is 19.8 Å². The van der Waals surface area contributed by atoms with Gasteiger partial charge >= 0.3 is 0 Å². The van der Waals surface area contributed by atoms with Gasteiger partial charge in [0.1, 0.15) is 17.3 Å². The SMILES string of the molecule is CCOc1ccc(Nc2cc(C(=O)NCc3ccco3)c3ccccc3n2)cc1. The third-order valence-corrected chi connectivity index (χ3v) is 4.40. The summed E-state index contributed by atoms with van der Waals surface area (Å²) in [5, 5.41) is 6.96. The van der Waals surface area contributed by atoms with E-state index in [1.54, 1.807) is 18.4 Å². The maximum atomic E-state index is 12.9. The summed E-state index contributed by atoms with van der Waals surface area (Å²) in [6.07, 6.45) is 1.59. The molecule has 0 saturated heterocycles. The van der Waals surface area contributed by atoms with Crippen LogP contribution in [-0.2, 0) is 6.54 Å². The Morgan fingerprint density at radius 3 is 2.66 bits per heavy atom. The van der Waals surface area contributed by atoms with Gasteiger partial charge in [-0.25, -0.2) is 4.98 Å². The number of carbonyl (C=O) groups is 1. The number of hydrogen-bond donors (Lipinski definition) is 2. The number of carbonyl (C=O) groups excluding carboxylic acids is 1. The molecule has 6 heteroatoms. The number of benzene rings is 2. The minimum atomic E-state index is -0.185. The van der Waals surface area contributed by atoms with E-state index in [2.05, 4.69) is 15.6 Å². The quantitative estimate of drug-likeness (QED) is 0.472. The summed E-state index contributed by atoms with van der Waals surface area (Å²) in [7, 11) is 0. The summed E-state index contributed by atoms with van der Waals surface area (Å²) in [5.74, 6) is 1.91. The van der Waals surface area contributed by atoms with E-state index in [-0.39, 0.29) is 5.91 Å². The first kappa shape index (κ1) is 18.6. The molecule has 4 aromatic rings. The standard InChI is InChI=1S/C23H21N3O3/c1-2-28-17-11-9-16(10-12-17)25-22-14-20(19-7-3-4-8-21(19)26-22)23(27)24-15-18-6-5-13-29-18/h3-14H,2,15H2,1H3,(H,24,27)(H,25,26). The van der Waals surface area contributed by atoms with Gasteiger partial charge in [0, 0.05) is 11.1 Å². The molecule has 1 amide bonds. The molecule has 4 rings (SSSR count). The van der Waals surface area contributed by atoms with Crippen molar-refractivity contribution in [3.05, 3.63) is 84.3 Å². The van der Waals surface area contributed by atoms with Crippen molar-refractivity contribution in [3.8, 4) is 5.75 Å². The maximum absolute atomic E-state index is 12.9. The number of para-hydroxylation sites is 1. The summed E-state index contributed by atoms with van der Waals surface area (Å²) >= 11 is 0. The van der Waals surface area contributed by atoms with Crippen LogP contribution in [0.5, 0.6) is 5.75 Å². The van der Waals surface area contributed by atoms with Crippen molar-refractivity contribution in [2.24, 2.45) is 0 Å². The summed E-state index contributed by atoms with van der Waals surface area (Å²) in [6, 6.07) is 20.6. The number of pyridine rings is 1. The summed E-state index contributed by atoms with van der Waals surface area (Å²) in [6.45, 7) is 2.89. The van der Waals surface area contributed by atoms with Gasteiger partial charge in [-0.3, -0.25) is 4.79 Å². The fourth-order valence-electron chi connectivity index (χ4n) is 3.05. The third kappa shape index (κ3) is 4.38. The Bertz CT molecular complexity index is 1110. The van der Waals surface area contributed by atoms with Crippen LogP contribution in [0.2, 0.25) is 0 Å². The van der Waals surface area contributed by atoms with Crippen LogP contribution in [0.15, 0.2) is 77.4 Å². The first-order valence-electron chi connectivity index (χ1n) is 9.43. The topological polar surface area (TPSA) is 76.4 Å². The lowest BCUT2D eigenvalue weighted by Gasteiger charge is -2.12. The molecule has 0 aliphatic rings. The number of anilines is 2. The average molecular weight is 387 g/mol. The van der Waals surface area contributed by atoms with E-state index in [4.69, 9.17) is 9.15 Å². The van der Waals surface area contributed by atoms with E-state index in [1.807, 2.05) is 61.5 Å². The number of nitrogens with zero attached hydrogens (tertiary/aromatic N) is 1. The average Bonchev–Trinajstić information content (AvgIpc) is 3.27. The molecule has 0 aliphatic heterocycles. The number of aromatic nitrogens is 1. The van der Waals surface area contributed by atoms with Crippen molar-refractivity contribution in [1.82, 2.24) is 10.3 Å². The van der Waals surface area contributed by atoms with E-state index in [0.29, 0.717) is 30.3 Å². The largest absolute Gasteiger partial charge is 0.494 e. The van der Waals surface area contributed by atoms with Crippen molar-refractivity contribution in [2.45, 2.75) is 13.5 Å². The molecule has 2 aromatic heterocycles. The fraction of sp³-hybridized carbons (Fsp3) is 0.130. The zero-order valence-corrected chi connectivity index (χ0v) is 16.0. The van der Waals surface area contributed by atoms with Crippen LogP contribution in [0.4, 0.5) is 11.5 Å². The van der Waals surface area contributed by atoms with Gasteiger partial charge in [-0.15, -0.1) is 0 Å². The van der Waals surface area contributed by atoms with Gasteiger partial charge in [0.15, 0.2) is 0 Å². The van der Waals surface area contributed by atoms with Gasteiger partial charge in [-0.05, 0) is 55.5 Å². The summed E-state index contributed by atoms with van der Waals surface area (Å²) in [5.41, 5.74) is 2.15. The summed E-state index contributed by atoms with van der Waals surface area (Å²) < 4.78 is 10.8. The second-order valence-electron chi connectivity index (χ2n) is 6.42. The van der Waals surface area contributed by atoms with E-state index in [0.717, 1.165) is 22.3 Å². The van der Waals surface area contributed by atoms with Crippen molar-refractivity contribution >= 4 is 28.3 Å². The van der Waals surface area contributed by atoms with Gasteiger partial charge in [-0.1, -0.05) is 18.2 Å². The Morgan fingerprint density at radius 1 is 1.07 bits per heavy atom. The molecule has 0 aliphatic carbocycles. The second kappa shape index (κ2) is 8.48. The second-order valence-corrected chi connectivity index (χ2v) is 6.42. The zero-order valence-electron chi connectivity index (χ0n) is 16.0. The number of hydrogen-bond acceptors (Lipinski definition) is 5. The van der Waals surface area contributed by atoms with Crippen LogP contribution < -0.4 is 15.4 Å². The van der Waals surface area contributed by atoms with Gasteiger partial charge in [-0.2, -0.15) is 0 Å². The number of fused-ring (bicyclic) bond motifs is 1. The Balaban J connectivity index is 1.60. The predicted octanol–water partition coefficient (Wildman–Crippen LogP) is 4.90. The highest BCUT2D eigenvalue weighted by Crippen LogP contribution is 2.24. The van der Waals surface area contributed by atoms with Crippen LogP contribution >= 0.6 is 0 Å². The lowest BCUT2D eigenvalue weighted by molar-refractivity contribution is 0.0949. The van der Waals surface area contributed by atoms with Crippen LogP contribution in [-0.4, -0.2) is 17.5 Å². The summed E-state index contributed by atoms with van der Waals surface area (Å²) in [4.78, 5) is 17.5. The van der Waals surface area contributed by atoms with Crippen molar-refractivity contribution in [3.63, 3.8) is 0 Å². The van der Waals surface area contributed by atoms with Crippen LogP contribution in [0.3, 0.4) is 0 Å². The molecule has 0 saturated carbocycles. The number of ether oxygens (including phenoxy) is 1.